The van der Waals surface area contributed by atoms with Gasteiger partial charge in [-0.15, -0.1) is 0 Å². The standard InChI is InChI=1S/C36H60O30.6H2O/c37-1-7-25-13(43)19(49)31(55-7)62-26-8(2-38)57-33(21(51)15(26)45)64-28-10(4-40)59-35(23(53)17(28)47)66-30-12(6-42)60-36(24(54)18(30)48)65-29-11(5-41)58-34(22(52)16(29)46)63-27-9(3-39)56-32(61-25)20(50)14(27)44;;;;;;/h7-54H,1-6H2;6*1H2/t7-,8-,9-,10-,11-,12-,13-,14-,15-,16-,17-,18-,19-,20-,21-,22-,23-,24-,25-,26-,27-,28-,29-,30-,31-,32-,33-,34-,35-,36-;;;;;;/m1....../s1. The maximum Gasteiger partial charge on any atom is 0.187 e. The summed E-state index contributed by atoms with van der Waals surface area (Å²) in [5.41, 5.74) is 0. The SMILES string of the molecule is O.O.O.O.O.O.OC[C@H]1O[C@@H]2O[C@H]3[C@H](O)[C@@H](O)[C@@H](O[C@H]4[C@H](O)[C@@H](O)[C@@H](O[C@H]5[C@H](O)[C@@H](O)[C@@H](O[C@H]6[C@H](O)[C@@H](O)[C@@H](O[C@H]7[C@H](O)[C@@H](O)[C@@H](O[C@H]1[C@H](O)[C@H]2O)O[C@@H]7CO)O[C@@H]6CO)O[C@@H]5CO)O[C@@H]4CO)O[C@@H]3CO. The van der Waals surface area contributed by atoms with Gasteiger partial charge >= 0.3 is 0 Å². The van der Waals surface area contributed by atoms with Gasteiger partial charge in [-0.2, -0.15) is 0 Å². The van der Waals surface area contributed by atoms with E-state index in [0.717, 1.165) is 0 Å². The molecule has 0 aromatic carbocycles. The lowest BCUT2D eigenvalue weighted by molar-refractivity contribution is -0.404. The second kappa shape index (κ2) is 28.8. The van der Waals surface area contributed by atoms with Crippen molar-refractivity contribution in [3.8, 4) is 0 Å². The van der Waals surface area contributed by atoms with Crippen molar-refractivity contribution in [2.24, 2.45) is 0 Å². The van der Waals surface area contributed by atoms with Crippen LogP contribution in [0.4, 0.5) is 0 Å². The van der Waals surface area contributed by atoms with Gasteiger partial charge in [0.2, 0.25) is 0 Å². The molecule has 72 heavy (non-hydrogen) atoms. The van der Waals surface area contributed by atoms with Gasteiger partial charge in [-0.1, -0.05) is 0 Å². The summed E-state index contributed by atoms with van der Waals surface area (Å²) >= 11 is 0. The van der Waals surface area contributed by atoms with E-state index < -0.39 is 224 Å². The second-order valence-corrected chi connectivity index (χ2v) is 16.8. The van der Waals surface area contributed by atoms with E-state index in [0.29, 0.717) is 0 Å². The van der Waals surface area contributed by atoms with Crippen LogP contribution in [0.2, 0.25) is 0 Å². The van der Waals surface area contributed by atoms with Gasteiger partial charge in [-0.25, -0.2) is 0 Å². The molecule has 22 aliphatic rings. The monoisotopic (exact) mass is 1080 g/mol. The molecule has 36 nitrogen and oxygen atoms in total. The molecule has 30 N–H and O–H groups in total. The average molecular weight is 1080 g/mol. The first kappa shape index (κ1) is 68.6. The van der Waals surface area contributed by atoms with Crippen LogP contribution < -0.4 is 0 Å². The first-order chi connectivity index (χ1) is 31.4. The van der Waals surface area contributed by atoms with Gasteiger partial charge < -0.3 is 182 Å². The van der Waals surface area contributed by atoms with E-state index in [1.54, 1.807) is 0 Å². The van der Waals surface area contributed by atoms with Crippen molar-refractivity contribution < 1.29 is 182 Å². The number of aliphatic hydroxyl groups excluding tert-OH is 18. The van der Waals surface area contributed by atoms with Crippen molar-refractivity contribution in [1.29, 1.82) is 0 Å². The number of hydrogen-bond donors (Lipinski definition) is 18. The fourth-order valence-electron chi connectivity index (χ4n) is 8.93. The summed E-state index contributed by atoms with van der Waals surface area (Å²) in [6, 6.07) is 0. The topological polar surface area (TPSA) is 664 Å². The first-order valence-electron chi connectivity index (χ1n) is 21.1. The number of ether oxygens (including phenoxy) is 12. The Balaban J connectivity index is 0.00000432. The summed E-state index contributed by atoms with van der Waals surface area (Å²) in [6.45, 7) is -5.99. The zero-order valence-electron chi connectivity index (χ0n) is 37.5. The van der Waals surface area contributed by atoms with Crippen LogP contribution in [0.5, 0.6) is 0 Å². The molecule has 0 aromatic heterocycles. The molecule has 0 spiro atoms. The quantitative estimate of drug-likeness (QED) is 0.117. The van der Waals surface area contributed by atoms with Crippen molar-refractivity contribution in [2.45, 2.75) is 184 Å². The van der Waals surface area contributed by atoms with Crippen LogP contribution in [0.15, 0.2) is 0 Å². The highest BCUT2D eigenvalue weighted by Crippen LogP contribution is 2.38. The molecule has 0 saturated carbocycles. The van der Waals surface area contributed by atoms with Gasteiger partial charge in [-0.3, -0.25) is 0 Å². The fraction of sp³-hybridized carbons (Fsp3) is 1.00. The average Bonchev–Trinajstić information content (AvgIpc) is 3.31. The van der Waals surface area contributed by atoms with E-state index in [2.05, 4.69) is 0 Å². The molecule has 0 radical (unpaired) electrons. The predicted octanol–water partition coefficient (Wildman–Crippen LogP) is -18.0. The Morgan fingerprint density at radius 1 is 0.181 bits per heavy atom. The second-order valence-electron chi connectivity index (χ2n) is 16.8. The smallest absolute Gasteiger partial charge is 0.187 e. The molecule has 0 aliphatic carbocycles. The molecule has 36 heteroatoms. The van der Waals surface area contributed by atoms with E-state index in [1.165, 1.54) is 0 Å². The van der Waals surface area contributed by atoms with E-state index in [4.69, 9.17) is 56.8 Å². The molecular weight excluding hydrogens is 1010 g/mol. The highest BCUT2D eigenvalue weighted by molar-refractivity contribution is 5.01. The van der Waals surface area contributed by atoms with E-state index in [1.807, 2.05) is 0 Å². The predicted molar refractivity (Wildman–Crippen MR) is 217 cm³/mol. The summed E-state index contributed by atoms with van der Waals surface area (Å²) in [6.07, 6.45) is -58.5. The van der Waals surface area contributed by atoms with Gasteiger partial charge in [-0.05, 0) is 0 Å². The lowest BCUT2D eigenvalue weighted by Crippen LogP contribution is -2.69. The Labute approximate surface area is 405 Å². The van der Waals surface area contributed by atoms with Crippen molar-refractivity contribution in [3.05, 3.63) is 0 Å². The Kier molecular flexibility index (Phi) is 27.4. The molecule has 22 aliphatic heterocycles. The minimum atomic E-state index is -2.15. The first-order valence-corrected chi connectivity index (χ1v) is 21.1. The zero-order chi connectivity index (χ0) is 48.0. The fourth-order valence-corrected chi connectivity index (χ4v) is 8.93. The molecule has 22 rings (SSSR count). The van der Waals surface area contributed by atoms with Gasteiger partial charge in [0, 0.05) is 0 Å². The van der Waals surface area contributed by atoms with Crippen molar-refractivity contribution in [3.63, 3.8) is 0 Å². The Morgan fingerprint density at radius 2 is 0.292 bits per heavy atom. The highest BCUT2D eigenvalue weighted by Gasteiger charge is 2.58. The largest absolute Gasteiger partial charge is 0.412 e. The van der Waals surface area contributed by atoms with Crippen LogP contribution in [0.3, 0.4) is 0 Å². The molecule has 0 unspecified atom stereocenters. The number of aliphatic hydroxyl groups is 18. The van der Waals surface area contributed by atoms with E-state index in [-0.39, 0.29) is 32.9 Å². The maximum atomic E-state index is 11.2. The highest BCUT2D eigenvalue weighted by atomic mass is 16.8. The summed E-state index contributed by atoms with van der Waals surface area (Å²) in [5.74, 6) is 0. The lowest BCUT2D eigenvalue weighted by Gasteiger charge is -2.50. The van der Waals surface area contributed by atoms with Crippen LogP contribution in [0, 0.1) is 0 Å². The summed E-state index contributed by atoms with van der Waals surface area (Å²) in [7, 11) is 0. The van der Waals surface area contributed by atoms with Gasteiger partial charge in [0.25, 0.3) is 0 Å². The van der Waals surface area contributed by atoms with Gasteiger partial charge in [0.05, 0.1) is 39.6 Å². The lowest BCUT2D eigenvalue weighted by atomic mass is 9.94. The zero-order valence-corrected chi connectivity index (χ0v) is 37.5. The molecule has 22 fully saturated rings. The van der Waals surface area contributed by atoms with Crippen LogP contribution >= 0.6 is 0 Å². The number of hydrogen-bond acceptors (Lipinski definition) is 30. The third-order valence-electron chi connectivity index (χ3n) is 12.7. The normalized spacial score (nSPS) is 50.8. The number of rotatable bonds is 6. The minimum Gasteiger partial charge on any atom is -0.412 e. The van der Waals surface area contributed by atoms with Crippen molar-refractivity contribution in [2.75, 3.05) is 39.6 Å². The molecule has 0 aromatic rings. The maximum absolute atomic E-state index is 11.2. The third kappa shape index (κ3) is 13.1. The van der Waals surface area contributed by atoms with Crippen LogP contribution in [0.1, 0.15) is 0 Å². The molecule has 22 heterocycles. The molecule has 12 bridgehead atoms. The van der Waals surface area contributed by atoms with Crippen molar-refractivity contribution >= 4 is 0 Å². The van der Waals surface area contributed by atoms with Crippen LogP contribution in [0.25, 0.3) is 0 Å². The third-order valence-corrected chi connectivity index (χ3v) is 12.7. The van der Waals surface area contributed by atoms with Crippen LogP contribution in [-0.2, 0) is 56.8 Å². The Bertz CT molecular complexity index is 1240. The summed E-state index contributed by atoms with van der Waals surface area (Å²) in [5, 5.41) is 196. The molecule has 30 atom stereocenters. The van der Waals surface area contributed by atoms with E-state index >= 15 is 0 Å². The van der Waals surface area contributed by atoms with Gasteiger partial charge in [0.1, 0.15) is 146 Å². The Morgan fingerprint density at radius 3 is 0.389 bits per heavy atom. The van der Waals surface area contributed by atoms with Crippen LogP contribution in [-0.4, -0.2) is 349 Å². The molecular formula is C36H72O36. The summed E-state index contributed by atoms with van der Waals surface area (Å²) < 4.78 is 67.9. The van der Waals surface area contributed by atoms with Crippen molar-refractivity contribution in [1.82, 2.24) is 0 Å². The molecule has 0 amide bonds. The minimum absolute atomic E-state index is 0. The Hall–Kier alpha value is -1.44. The molecule has 432 valence electrons. The van der Waals surface area contributed by atoms with E-state index in [9.17, 15) is 91.9 Å². The van der Waals surface area contributed by atoms with Gasteiger partial charge in [0.15, 0.2) is 37.7 Å². The summed E-state index contributed by atoms with van der Waals surface area (Å²) in [4.78, 5) is 0. The molecule has 22 saturated heterocycles.